The van der Waals surface area contributed by atoms with Gasteiger partial charge in [-0.15, -0.1) is 13.2 Å². The fraction of sp³-hybridized carbons (Fsp3) is 0.267. The summed E-state index contributed by atoms with van der Waals surface area (Å²) in [5, 5.41) is 0. The average Bonchev–Trinajstić information content (AvgIpc) is 2.36. The van der Waals surface area contributed by atoms with Gasteiger partial charge in [0.15, 0.2) is 5.78 Å². The van der Waals surface area contributed by atoms with Gasteiger partial charge in [0.25, 0.3) is 0 Å². The summed E-state index contributed by atoms with van der Waals surface area (Å²) in [6, 6.07) is 6.07. The van der Waals surface area contributed by atoms with E-state index in [1.807, 2.05) is 4.90 Å². The summed E-state index contributed by atoms with van der Waals surface area (Å²) in [4.78, 5) is 13.9. The molecular formula is C15H18FNO. The fourth-order valence-corrected chi connectivity index (χ4v) is 1.70. The third-order valence-corrected chi connectivity index (χ3v) is 2.60. The van der Waals surface area contributed by atoms with E-state index in [9.17, 15) is 9.18 Å². The normalized spacial score (nSPS) is 10.3. The monoisotopic (exact) mass is 247 g/mol. The Labute approximate surface area is 107 Å². The van der Waals surface area contributed by atoms with Crippen molar-refractivity contribution in [1.82, 2.24) is 4.90 Å². The molecule has 0 radical (unpaired) electrons. The quantitative estimate of drug-likeness (QED) is 0.520. The molecule has 0 bridgehead atoms. The molecule has 0 aliphatic rings. The van der Waals surface area contributed by atoms with Crippen LogP contribution in [0.25, 0.3) is 0 Å². The molecule has 0 unspecified atom stereocenters. The van der Waals surface area contributed by atoms with Crippen LogP contribution >= 0.6 is 0 Å². The maximum atomic E-state index is 13.4. The first-order valence-electron chi connectivity index (χ1n) is 5.91. The number of hydrogen-bond acceptors (Lipinski definition) is 2. The minimum absolute atomic E-state index is 0.162. The van der Waals surface area contributed by atoms with Crippen molar-refractivity contribution < 1.29 is 9.18 Å². The van der Waals surface area contributed by atoms with Crippen molar-refractivity contribution >= 4 is 5.78 Å². The van der Waals surface area contributed by atoms with Crippen molar-refractivity contribution in [3.63, 3.8) is 0 Å². The Morgan fingerprint density at radius 2 is 1.83 bits per heavy atom. The van der Waals surface area contributed by atoms with E-state index in [-0.39, 0.29) is 11.3 Å². The first-order valence-corrected chi connectivity index (χ1v) is 5.91. The van der Waals surface area contributed by atoms with E-state index in [1.165, 1.54) is 12.1 Å². The molecule has 18 heavy (non-hydrogen) atoms. The SMILES string of the molecule is C=CCN(CC=C)CCC(=O)c1ccccc1F. The minimum Gasteiger partial charge on any atom is -0.296 e. The molecule has 1 rings (SSSR count). The molecule has 0 heterocycles. The number of carbonyl (C=O) groups excluding carboxylic acids is 1. The number of carbonyl (C=O) groups is 1. The van der Waals surface area contributed by atoms with Crippen molar-refractivity contribution in [2.75, 3.05) is 19.6 Å². The highest BCUT2D eigenvalue weighted by molar-refractivity contribution is 5.96. The van der Waals surface area contributed by atoms with E-state index in [1.54, 1.807) is 24.3 Å². The Balaban J connectivity index is 2.57. The number of benzene rings is 1. The summed E-state index contributed by atoms with van der Waals surface area (Å²) >= 11 is 0. The zero-order valence-electron chi connectivity index (χ0n) is 10.4. The second-order valence-electron chi connectivity index (χ2n) is 3.99. The van der Waals surface area contributed by atoms with Gasteiger partial charge in [-0.1, -0.05) is 24.3 Å². The molecule has 1 aromatic rings. The van der Waals surface area contributed by atoms with E-state index < -0.39 is 5.82 Å². The van der Waals surface area contributed by atoms with E-state index in [2.05, 4.69) is 13.2 Å². The Morgan fingerprint density at radius 3 is 2.39 bits per heavy atom. The molecule has 0 N–H and O–H groups in total. The number of Topliss-reactive ketones (excluding diaryl/α,β-unsaturated/α-hetero) is 1. The van der Waals surface area contributed by atoms with E-state index >= 15 is 0 Å². The topological polar surface area (TPSA) is 20.3 Å². The lowest BCUT2D eigenvalue weighted by Gasteiger charge is -2.17. The molecule has 0 aliphatic carbocycles. The van der Waals surface area contributed by atoms with Crippen LogP contribution in [-0.2, 0) is 0 Å². The second-order valence-corrected chi connectivity index (χ2v) is 3.99. The van der Waals surface area contributed by atoms with Gasteiger partial charge in [0, 0.05) is 26.1 Å². The lowest BCUT2D eigenvalue weighted by atomic mass is 10.1. The Bertz CT molecular complexity index is 418. The molecule has 1 aromatic carbocycles. The van der Waals surface area contributed by atoms with Gasteiger partial charge >= 0.3 is 0 Å². The lowest BCUT2D eigenvalue weighted by molar-refractivity contribution is 0.0964. The molecule has 0 fully saturated rings. The van der Waals surface area contributed by atoms with Crippen LogP contribution in [0, 0.1) is 5.82 Å². The summed E-state index contributed by atoms with van der Waals surface area (Å²) in [6.45, 7) is 9.28. The lowest BCUT2D eigenvalue weighted by Crippen LogP contribution is -2.26. The Kier molecular flexibility index (Phi) is 6.01. The van der Waals surface area contributed by atoms with Gasteiger partial charge in [-0.25, -0.2) is 4.39 Å². The van der Waals surface area contributed by atoms with Crippen molar-refractivity contribution in [1.29, 1.82) is 0 Å². The van der Waals surface area contributed by atoms with Gasteiger partial charge in [0.1, 0.15) is 5.82 Å². The van der Waals surface area contributed by atoms with Gasteiger partial charge in [-0.2, -0.15) is 0 Å². The molecule has 0 aromatic heterocycles. The number of nitrogens with zero attached hydrogens (tertiary/aromatic N) is 1. The largest absolute Gasteiger partial charge is 0.296 e. The third kappa shape index (κ3) is 4.26. The van der Waals surface area contributed by atoms with Crippen molar-refractivity contribution in [3.05, 3.63) is 61.0 Å². The summed E-state index contributed by atoms with van der Waals surface area (Å²) in [7, 11) is 0. The number of hydrogen-bond donors (Lipinski definition) is 0. The molecule has 0 aliphatic heterocycles. The van der Waals surface area contributed by atoms with Crippen molar-refractivity contribution in [3.8, 4) is 0 Å². The van der Waals surface area contributed by atoms with Gasteiger partial charge in [0.05, 0.1) is 5.56 Å². The molecule has 0 saturated heterocycles. The second kappa shape index (κ2) is 7.56. The standard InChI is InChI=1S/C15H18FNO/c1-3-10-17(11-4-2)12-9-15(18)13-7-5-6-8-14(13)16/h3-8H,1-2,9-12H2. The summed E-state index contributed by atoms with van der Waals surface area (Å²) in [5.41, 5.74) is 0.162. The third-order valence-electron chi connectivity index (χ3n) is 2.60. The zero-order chi connectivity index (χ0) is 13.4. The summed E-state index contributed by atoms with van der Waals surface area (Å²) in [5.74, 6) is -0.632. The number of halogens is 1. The fourth-order valence-electron chi connectivity index (χ4n) is 1.70. The highest BCUT2D eigenvalue weighted by atomic mass is 19.1. The smallest absolute Gasteiger partial charge is 0.167 e. The van der Waals surface area contributed by atoms with E-state index in [0.29, 0.717) is 26.1 Å². The molecule has 96 valence electrons. The Morgan fingerprint density at radius 1 is 1.22 bits per heavy atom. The maximum absolute atomic E-state index is 13.4. The van der Waals surface area contributed by atoms with Crippen LogP contribution in [0.4, 0.5) is 4.39 Å². The molecule has 0 spiro atoms. The highest BCUT2D eigenvalue weighted by Crippen LogP contribution is 2.09. The van der Waals surface area contributed by atoms with Crippen LogP contribution in [0.15, 0.2) is 49.6 Å². The molecule has 0 saturated carbocycles. The Hall–Kier alpha value is -1.74. The van der Waals surface area contributed by atoms with E-state index in [4.69, 9.17) is 0 Å². The van der Waals surface area contributed by atoms with Gasteiger partial charge in [-0.05, 0) is 12.1 Å². The van der Waals surface area contributed by atoms with Crippen molar-refractivity contribution in [2.24, 2.45) is 0 Å². The summed E-state index contributed by atoms with van der Waals surface area (Å²) in [6.07, 6.45) is 3.84. The van der Waals surface area contributed by atoms with Crippen LogP contribution < -0.4 is 0 Å². The first kappa shape index (κ1) is 14.3. The highest BCUT2D eigenvalue weighted by Gasteiger charge is 2.12. The molecular weight excluding hydrogens is 229 g/mol. The maximum Gasteiger partial charge on any atom is 0.167 e. The average molecular weight is 247 g/mol. The predicted molar refractivity (Wildman–Crippen MR) is 72.2 cm³/mol. The van der Waals surface area contributed by atoms with Crippen LogP contribution in [-0.4, -0.2) is 30.3 Å². The molecule has 0 atom stereocenters. The number of rotatable bonds is 8. The van der Waals surface area contributed by atoms with Crippen LogP contribution in [0.5, 0.6) is 0 Å². The van der Waals surface area contributed by atoms with Gasteiger partial charge < -0.3 is 0 Å². The molecule has 2 nitrogen and oxygen atoms in total. The molecule has 0 amide bonds. The van der Waals surface area contributed by atoms with Crippen LogP contribution in [0.2, 0.25) is 0 Å². The predicted octanol–water partition coefficient (Wildman–Crippen LogP) is 3.07. The van der Waals surface area contributed by atoms with Gasteiger partial charge in [-0.3, -0.25) is 9.69 Å². The zero-order valence-corrected chi connectivity index (χ0v) is 10.4. The summed E-state index contributed by atoms with van der Waals surface area (Å²) < 4.78 is 13.4. The van der Waals surface area contributed by atoms with E-state index in [0.717, 1.165) is 0 Å². The van der Waals surface area contributed by atoms with Gasteiger partial charge in [0.2, 0.25) is 0 Å². The minimum atomic E-state index is -0.457. The number of ketones is 1. The first-order chi connectivity index (χ1) is 8.69. The molecule has 3 heteroatoms. The van der Waals surface area contributed by atoms with Crippen LogP contribution in [0.1, 0.15) is 16.8 Å². The van der Waals surface area contributed by atoms with Crippen LogP contribution in [0.3, 0.4) is 0 Å². The van der Waals surface area contributed by atoms with Crippen molar-refractivity contribution in [2.45, 2.75) is 6.42 Å².